The summed E-state index contributed by atoms with van der Waals surface area (Å²) in [5.41, 5.74) is 1.96. The van der Waals surface area contributed by atoms with E-state index in [1.54, 1.807) is 17.8 Å². The maximum Gasteiger partial charge on any atom is 0.269 e. The molecular formula is C18H25N3O3S. The molecule has 0 saturated carbocycles. The molecule has 0 bridgehead atoms. The van der Waals surface area contributed by atoms with Crippen molar-refractivity contribution in [2.24, 2.45) is 0 Å². The van der Waals surface area contributed by atoms with Gasteiger partial charge in [0.05, 0.1) is 24.4 Å². The molecule has 2 aromatic rings. The van der Waals surface area contributed by atoms with Gasteiger partial charge in [-0.05, 0) is 62.6 Å². The molecule has 1 aromatic heterocycles. The number of hydrogen-bond donors (Lipinski definition) is 3. The van der Waals surface area contributed by atoms with Crippen molar-refractivity contribution in [2.75, 3.05) is 18.6 Å². The third-order valence-electron chi connectivity index (χ3n) is 3.57. The van der Waals surface area contributed by atoms with Crippen LogP contribution in [0.1, 0.15) is 30.8 Å². The number of nitrogens with one attached hydrogen (secondary N) is 2. The van der Waals surface area contributed by atoms with Crippen molar-refractivity contribution in [3.63, 3.8) is 0 Å². The molecule has 0 aliphatic rings. The molecule has 3 N–H and O–H groups in total. The Morgan fingerprint density at radius 2 is 2.08 bits per heavy atom. The first-order chi connectivity index (χ1) is 12.0. The van der Waals surface area contributed by atoms with E-state index in [4.69, 9.17) is 4.74 Å². The minimum absolute atomic E-state index is 0.0788. The first-order valence-electron chi connectivity index (χ1n) is 8.26. The summed E-state index contributed by atoms with van der Waals surface area (Å²) in [5, 5.41) is 19.1. The summed E-state index contributed by atoms with van der Waals surface area (Å²) in [5.74, 6) is 1.41. The number of aliphatic hydroxyl groups is 1. The number of carbonyl (C=O) groups excluding carboxylic acids is 1. The average molecular weight is 363 g/mol. The highest BCUT2D eigenvalue weighted by Gasteiger charge is 2.15. The largest absolute Gasteiger partial charge is 0.491 e. The summed E-state index contributed by atoms with van der Waals surface area (Å²) in [4.78, 5) is 12.3. The Bertz CT molecular complexity index is 670. The molecule has 0 radical (unpaired) electrons. The summed E-state index contributed by atoms with van der Waals surface area (Å²) in [6.07, 6.45) is 2.84. The zero-order valence-electron chi connectivity index (χ0n) is 14.8. The van der Waals surface area contributed by atoms with E-state index in [9.17, 15) is 9.90 Å². The summed E-state index contributed by atoms with van der Waals surface area (Å²) in [7, 11) is 0. The lowest BCUT2D eigenvalue weighted by Crippen LogP contribution is -2.38. The number of hydrogen-bond acceptors (Lipinski definition) is 5. The highest BCUT2D eigenvalue weighted by molar-refractivity contribution is 7.98. The van der Waals surface area contributed by atoms with E-state index in [0.29, 0.717) is 11.4 Å². The van der Waals surface area contributed by atoms with Gasteiger partial charge < -0.3 is 15.2 Å². The van der Waals surface area contributed by atoms with Gasteiger partial charge in [-0.15, -0.1) is 0 Å². The molecule has 0 aliphatic heterocycles. The Morgan fingerprint density at radius 1 is 1.36 bits per heavy atom. The van der Waals surface area contributed by atoms with Crippen LogP contribution in [-0.4, -0.2) is 52.0 Å². The van der Waals surface area contributed by atoms with Crippen LogP contribution in [0.15, 0.2) is 30.3 Å². The van der Waals surface area contributed by atoms with E-state index in [-0.39, 0.29) is 24.7 Å². The number of aromatic amines is 1. The topological polar surface area (TPSA) is 87.2 Å². The van der Waals surface area contributed by atoms with Crippen LogP contribution in [0, 0.1) is 0 Å². The van der Waals surface area contributed by atoms with Crippen LogP contribution >= 0.6 is 11.8 Å². The number of aromatic nitrogens is 2. The lowest BCUT2D eigenvalue weighted by atomic mass is 10.1. The van der Waals surface area contributed by atoms with Gasteiger partial charge >= 0.3 is 0 Å². The number of benzene rings is 1. The molecule has 25 heavy (non-hydrogen) atoms. The van der Waals surface area contributed by atoms with Crippen LogP contribution in [-0.2, 0) is 0 Å². The van der Waals surface area contributed by atoms with Crippen molar-refractivity contribution in [3.8, 4) is 17.0 Å². The first-order valence-corrected chi connectivity index (χ1v) is 9.66. The molecule has 1 amide bonds. The zero-order chi connectivity index (χ0) is 18.2. The Kier molecular flexibility index (Phi) is 7.33. The van der Waals surface area contributed by atoms with Gasteiger partial charge in [-0.2, -0.15) is 16.9 Å². The first kappa shape index (κ1) is 19.3. The maximum absolute atomic E-state index is 12.3. The highest BCUT2D eigenvalue weighted by Crippen LogP contribution is 2.22. The maximum atomic E-state index is 12.3. The summed E-state index contributed by atoms with van der Waals surface area (Å²) in [6.45, 7) is 3.88. The monoisotopic (exact) mass is 363 g/mol. The predicted molar refractivity (Wildman–Crippen MR) is 101 cm³/mol. The fourth-order valence-corrected chi connectivity index (χ4v) is 2.81. The standard InChI is InChI=1S/C18H25N3O3S/c1-12(2)24-15-6-4-13(5-7-15)16-10-17(21-20-16)18(23)19-14(11-22)8-9-25-3/h4-7,10,12,14,22H,8-9,11H2,1-3H3,(H,19,23)(H,20,21). The van der Waals surface area contributed by atoms with Gasteiger partial charge in [-0.3, -0.25) is 9.89 Å². The molecule has 0 spiro atoms. The number of thioether (sulfide) groups is 1. The lowest BCUT2D eigenvalue weighted by molar-refractivity contribution is 0.0910. The van der Waals surface area contributed by atoms with Gasteiger partial charge in [0, 0.05) is 5.56 Å². The zero-order valence-corrected chi connectivity index (χ0v) is 15.6. The third kappa shape index (κ3) is 5.79. The van der Waals surface area contributed by atoms with Gasteiger partial charge in [-0.25, -0.2) is 0 Å². The van der Waals surface area contributed by atoms with Crippen molar-refractivity contribution in [2.45, 2.75) is 32.4 Å². The molecule has 0 aliphatic carbocycles. The average Bonchev–Trinajstić information content (AvgIpc) is 3.08. The molecule has 7 heteroatoms. The van der Waals surface area contributed by atoms with Crippen molar-refractivity contribution in [3.05, 3.63) is 36.0 Å². The number of rotatable bonds is 9. The Labute approximate surface area is 152 Å². The summed E-state index contributed by atoms with van der Waals surface area (Å²) >= 11 is 1.68. The van der Waals surface area contributed by atoms with Crippen molar-refractivity contribution in [1.82, 2.24) is 15.5 Å². The van der Waals surface area contributed by atoms with Crippen LogP contribution < -0.4 is 10.1 Å². The summed E-state index contributed by atoms with van der Waals surface area (Å²) in [6, 6.07) is 9.03. The number of aliphatic hydroxyl groups excluding tert-OH is 1. The van der Waals surface area contributed by atoms with Gasteiger partial charge in [0.2, 0.25) is 0 Å². The van der Waals surface area contributed by atoms with E-state index in [1.165, 1.54) is 0 Å². The fourth-order valence-electron chi connectivity index (χ4n) is 2.29. The van der Waals surface area contributed by atoms with E-state index >= 15 is 0 Å². The van der Waals surface area contributed by atoms with E-state index in [1.807, 2.05) is 44.4 Å². The van der Waals surface area contributed by atoms with Crippen LogP contribution in [0.2, 0.25) is 0 Å². The van der Waals surface area contributed by atoms with E-state index in [2.05, 4.69) is 15.5 Å². The number of H-pyrrole nitrogens is 1. The van der Waals surface area contributed by atoms with Crippen LogP contribution in [0.25, 0.3) is 11.3 Å². The quantitative estimate of drug-likeness (QED) is 0.638. The smallest absolute Gasteiger partial charge is 0.269 e. The minimum atomic E-state index is -0.265. The highest BCUT2D eigenvalue weighted by atomic mass is 32.2. The molecule has 0 saturated heterocycles. The second-order valence-electron chi connectivity index (χ2n) is 5.99. The molecule has 1 unspecified atom stereocenters. The number of amides is 1. The molecular weight excluding hydrogens is 338 g/mol. The van der Waals surface area contributed by atoms with Gasteiger partial charge in [0.1, 0.15) is 11.4 Å². The normalized spacial score (nSPS) is 12.2. The lowest BCUT2D eigenvalue weighted by Gasteiger charge is -2.14. The fraction of sp³-hybridized carbons (Fsp3) is 0.444. The SMILES string of the molecule is CSCCC(CO)NC(=O)c1cc(-c2ccc(OC(C)C)cc2)n[nH]1. The van der Waals surface area contributed by atoms with Crippen molar-refractivity contribution >= 4 is 17.7 Å². The third-order valence-corrected chi connectivity index (χ3v) is 4.21. The Balaban J connectivity index is 2.02. The second kappa shape index (κ2) is 9.48. The van der Waals surface area contributed by atoms with E-state index < -0.39 is 0 Å². The predicted octanol–water partition coefficient (Wildman–Crippen LogP) is 2.71. The van der Waals surface area contributed by atoms with Crippen LogP contribution in [0.3, 0.4) is 0 Å². The molecule has 2 rings (SSSR count). The molecule has 6 nitrogen and oxygen atoms in total. The molecule has 0 fully saturated rings. The van der Waals surface area contributed by atoms with Gasteiger partial charge in [0.15, 0.2) is 0 Å². The second-order valence-corrected chi connectivity index (χ2v) is 6.98. The number of carbonyl (C=O) groups is 1. The molecule has 1 aromatic carbocycles. The van der Waals surface area contributed by atoms with Crippen molar-refractivity contribution < 1.29 is 14.6 Å². The molecule has 1 atom stereocenters. The van der Waals surface area contributed by atoms with E-state index in [0.717, 1.165) is 23.5 Å². The minimum Gasteiger partial charge on any atom is -0.491 e. The summed E-state index contributed by atoms with van der Waals surface area (Å²) < 4.78 is 5.62. The van der Waals surface area contributed by atoms with Gasteiger partial charge in [-0.1, -0.05) is 0 Å². The Hall–Kier alpha value is -1.99. The molecule has 1 heterocycles. The van der Waals surface area contributed by atoms with Crippen LogP contribution in [0.4, 0.5) is 0 Å². The molecule has 136 valence electrons. The number of ether oxygens (including phenoxy) is 1. The Morgan fingerprint density at radius 3 is 2.68 bits per heavy atom. The van der Waals surface area contributed by atoms with Gasteiger partial charge in [0.25, 0.3) is 5.91 Å². The van der Waals surface area contributed by atoms with Crippen molar-refractivity contribution in [1.29, 1.82) is 0 Å². The number of nitrogens with zero attached hydrogens (tertiary/aromatic N) is 1. The van der Waals surface area contributed by atoms with Crippen LogP contribution in [0.5, 0.6) is 5.75 Å².